The van der Waals surface area contributed by atoms with Crippen LogP contribution < -0.4 is 5.73 Å². The predicted octanol–water partition coefficient (Wildman–Crippen LogP) is 2.64. The summed E-state index contributed by atoms with van der Waals surface area (Å²) in [6.45, 7) is 2.02. The maximum atomic E-state index is 5.76. The summed E-state index contributed by atoms with van der Waals surface area (Å²) in [4.78, 5) is 4.11. The molecule has 0 fully saturated rings. The Morgan fingerprint density at radius 1 is 1.12 bits per heavy atom. The van der Waals surface area contributed by atoms with E-state index in [4.69, 9.17) is 5.73 Å². The number of hydrogen-bond donors (Lipinski definition) is 1. The summed E-state index contributed by atoms with van der Waals surface area (Å²) in [6.07, 6.45) is 4.59. The summed E-state index contributed by atoms with van der Waals surface area (Å²) in [5.41, 5.74) is 9.39. The van der Waals surface area contributed by atoms with Crippen molar-refractivity contribution in [3.8, 4) is 11.1 Å². The first kappa shape index (κ1) is 10.8. The molecule has 1 atom stereocenters. The van der Waals surface area contributed by atoms with Gasteiger partial charge in [0.25, 0.3) is 0 Å². The van der Waals surface area contributed by atoms with E-state index in [9.17, 15) is 0 Å². The first-order chi connectivity index (χ1) is 7.75. The molecule has 1 aromatic heterocycles. The Hall–Kier alpha value is -1.67. The molecule has 0 aliphatic carbocycles. The highest BCUT2D eigenvalue weighted by molar-refractivity contribution is 5.62. The Labute approximate surface area is 96.1 Å². The van der Waals surface area contributed by atoms with Gasteiger partial charge in [0.05, 0.1) is 0 Å². The van der Waals surface area contributed by atoms with E-state index in [0.717, 1.165) is 12.0 Å². The average molecular weight is 212 g/mol. The molecule has 0 aliphatic rings. The molecule has 0 unspecified atom stereocenters. The highest BCUT2D eigenvalue weighted by Crippen LogP contribution is 2.18. The molecule has 1 heterocycles. The first-order valence-corrected chi connectivity index (χ1v) is 5.50. The SMILES string of the molecule is C[C@@H](N)Cc1ccc(-c2cccnc2)cc1. The minimum atomic E-state index is 0.212. The van der Waals surface area contributed by atoms with Crippen LogP contribution >= 0.6 is 0 Å². The van der Waals surface area contributed by atoms with Gasteiger partial charge >= 0.3 is 0 Å². The molecule has 0 spiro atoms. The lowest BCUT2D eigenvalue weighted by Crippen LogP contribution is -2.17. The van der Waals surface area contributed by atoms with Crippen LogP contribution in [-0.2, 0) is 6.42 Å². The van der Waals surface area contributed by atoms with E-state index in [1.807, 2.05) is 19.2 Å². The zero-order valence-corrected chi connectivity index (χ0v) is 9.43. The lowest BCUT2D eigenvalue weighted by Gasteiger charge is -2.06. The molecule has 16 heavy (non-hydrogen) atoms. The zero-order valence-electron chi connectivity index (χ0n) is 9.43. The van der Waals surface area contributed by atoms with E-state index >= 15 is 0 Å². The van der Waals surface area contributed by atoms with Gasteiger partial charge in [0.1, 0.15) is 0 Å². The van der Waals surface area contributed by atoms with E-state index in [0.29, 0.717) is 0 Å². The third kappa shape index (κ3) is 2.67. The van der Waals surface area contributed by atoms with Crippen LogP contribution in [0.3, 0.4) is 0 Å². The number of benzene rings is 1. The zero-order chi connectivity index (χ0) is 11.4. The van der Waals surface area contributed by atoms with Gasteiger partial charge < -0.3 is 5.73 Å². The predicted molar refractivity (Wildman–Crippen MR) is 67.0 cm³/mol. The third-order valence-corrected chi connectivity index (χ3v) is 2.51. The summed E-state index contributed by atoms with van der Waals surface area (Å²) >= 11 is 0. The fraction of sp³-hybridized carbons (Fsp3) is 0.214. The Bertz CT molecular complexity index is 432. The van der Waals surface area contributed by atoms with Crippen molar-refractivity contribution in [1.82, 2.24) is 4.98 Å². The maximum absolute atomic E-state index is 5.76. The van der Waals surface area contributed by atoms with Crippen LogP contribution in [0.4, 0.5) is 0 Å². The Morgan fingerprint density at radius 2 is 1.88 bits per heavy atom. The van der Waals surface area contributed by atoms with Crippen molar-refractivity contribution in [2.75, 3.05) is 0 Å². The minimum Gasteiger partial charge on any atom is -0.328 e. The molecule has 1 aromatic carbocycles. The van der Waals surface area contributed by atoms with Gasteiger partial charge in [-0.25, -0.2) is 0 Å². The number of hydrogen-bond acceptors (Lipinski definition) is 2. The summed E-state index contributed by atoms with van der Waals surface area (Å²) in [5, 5.41) is 0. The van der Waals surface area contributed by atoms with E-state index < -0.39 is 0 Å². The van der Waals surface area contributed by atoms with E-state index in [2.05, 4.69) is 35.3 Å². The molecule has 2 nitrogen and oxygen atoms in total. The van der Waals surface area contributed by atoms with Crippen molar-refractivity contribution in [2.24, 2.45) is 5.73 Å². The van der Waals surface area contributed by atoms with E-state index in [-0.39, 0.29) is 6.04 Å². The largest absolute Gasteiger partial charge is 0.328 e. The molecule has 82 valence electrons. The van der Waals surface area contributed by atoms with Crippen LogP contribution in [-0.4, -0.2) is 11.0 Å². The van der Waals surface area contributed by atoms with Crippen molar-refractivity contribution in [3.05, 3.63) is 54.4 Å². The Kier molecular flexibility index (Phi) is 3.32. The summed E-state index contributed by atoms with van der Waals surface area (Å²) < 4.78 is 0. The standard InChI is InChI=1S/C14H16N2/c1-11(15)9-12-4-6-13(7-5-12)14-3-2-8-16-10-14/h2-8,10-11H,9,15H2,1H3/t11-/m1/s1. The fourth-order valence-electron chi connectivity index (χ4n) is 1.74. The first-order valence-electron chi connectivity index (χ1n) is 5.50. The van der Waals surface area contributed by atoms with Crippen LogP contribution in [0, 0.1) is 0 Å². The van der Waals surface area contributed by atoms with Gasteiger partial charge in [0, 0.05) is 18.4 Å². The molecule has 0 saturated heterocycles. The van der Waals surface area contributed by atoms with Gasteiger partial charge in [0.2, 0.25) is 0 Å². The lowest BCUT2D eigenvalue weighted by molar-refractivity contribution is 0.738. The molecule has 2 heteroatoms. The topological polar surface area (TPSA) is 38.9 Å². The second-order valence-electron chi connectivity index (χ2n) is 4.12. The van der Waals surface area contributed by atoms with E-state index in [1.165, 1.54) is 11.1 Å². The highest BCUT2D eigenvalue weighted by atomic mass is 14.6. The Balaban J connectivity index is 2.20. The van der Waals surface area contributed by atoms with E-state index in [1.54, 1.807) is 6.20 Å². The van der Waals surface area contributed by atoms with Crippen molar-refractivity contribution in [3.63, 3.8) is 0 Å². The molecule has 0 radical (unpaired) electrons. The third-order valence-electron chi connectivity index (χ3n) is 2.51. The minimum absolute atomic E-state index is 0.212. The summed E-state index contributed by atoms with van der Waals surface area (Å²) in [7, 11) is 0. The lowest BCUT2D eigenvalue weighted by atomic mass is 10.0. The van der Waals surface area contributed by atoms with Gasteiger partial charge in [-0.05, 0) is 36.1 Å². The second kappa shape index (κ2) is 4.90. The quantitative estimate of drug-likeness (QED) is 0.849. The van der Waals surface area contributed by atoms with Crippen LogP contribution in [0.15, 0.2) is 48.8 Å². The van der Waals surface area contributed by atoms with Gasteiger partial charge in [0.15, 0.2) is 0 Å². The number of pyridine rings is 1. The van der Waals surface area contributed by atoms with Crippen LogP contribution in [0.2, 0.25) is 0 Å². The molecule has 0 bridgehead atoms. The molecule has 2 N–H and O–H groups in total. The van der Waals surface area contributed by atoms with Crippen LogP contribution in [0.1, 0.15) is 12.5 Å². The number of nitrogens with zero attached hydrogens (tertiary/aromatic N) is 1. The molecule has 2 rings (SSSR count). The molecule has 0 aliphatic heterocycles. The monoisotopic (exact) mass is 212 g/mol. The number of aromatic nitrogens is 1. The molecular weight excluding hydrogens is 196 g/mol. The van der Waals surface area contributed by atoms with Crippen LogP contribution in [0.5, 0.6) is 0 Å². The second-order valence-corrected chi connectivity index (χ2v) is 4.12. The van der Waals surface area contributed by atoms with Crippen molar-refractivity contribution >= 4 is 0 Å². The van der Waals surface area contributed by atoms with Crippen molar-refractivity contribution in [1.29, 1.82) is 0 Å². The fourth-order valence-corrected chi connectivity index (χ4v) is 1.74. The normalized spacial score (nSPS) is 12.4. The highest BCUT2D eigenvalue weighted by Gasteiger charge is 1.99. The van der Waals surface area contributed by atoms with Gasteiger partial charge in [-0.3, -0.25) is 4.98 Å². The maximum Gasteiger partial charge on any atom is 0.0346 e. The number of rotatable bonds is 3. The molecule has 2 aromatic rings. The summed E-state index contributed by atoms with van der Waals surface area (Å²) in [5.74, 6) is 0. The molecule has 0 amide bonds. The van der Waals surface area contributed by atoms with Gasteiger partial charge in [-0.15, -0.1) is 0 Å². The Morgan fingerprint density at radius 3 is 2.44 bits per heavy atom. The van der Waals surface area contributed by atoms with Gasteiger partial charge in [-0.2, -0.15) is 0 Å². The molecular formula is C14H16N2. The molecule has 0 saturated carbocycles. The summed E-state index contributed by atoms with van der Waals surface area (Å²) in [6, 6.07) is 12.7. The van der Waals surface area contributed by atoms with Crippen molar-refractivity contribution < 1.29 is 0 Å². The smallest absolute Gasteiger partial charge is 0.0346 e. The van der Waals surface area contributed by atoms with Crippen LogP contribution in [0.25, 0.3) is 11.1 Å². The number of nitrogens with two attached hydrogens (primary N) is 1. The van der Waals surface area contributed by atoms with Gasteiger partial charge in [-0.1, -0.05) is 30.3 Å². The van der Waals surface area contributed by atoms with Crippen molar-refractivity contribution in [2.45, 2.75) is 19.4 Å². The average Bonchev–Trinajstić information content (AvgIpc) is 2.30.